The summed E-state index contributed by atoms with van der Waals surface area (Å²) >= 11 is 5.70. The molecule has 1 aromatic carbocycles. The molecule has 90 valence electrons. The molecule has 0 fully saturated rings. The molecule has 0 aliphatic rings. The summed E-state index contributed by atoms with van der Waals surface area (Å²) in [5.74, 6) is -1.86. The van der Waals surface area contributed by atoms with E-state index in [0.29, 0.717) is 5.02 Å². The summed E-state index contributed by atoms with van der Waals surface area (Å²) in [5.41, 5.74) is 2.80. The maximum atomic E-state index is 11.1. The molecule has 0 radical (unpaired) electrons. The van der Waals surface area contributed by atoms with Crippen molar-refractivity contribution in [3.05, 3.63) is 34.9 Å². The maximum absolute atomic E-state index is 11.1. The zero-order valence-electron chi connectivity index (χ0n) is 9.14. The van der Waals surface area contributed by atoms with Gasteiger partial charge in [0.1, 0.15) is 0 Å². The molecule has 5 nitrogen and oxygen atoms in total. The van der Waals surface area contributed by atoms with Gasteiger partial charge in [0, 0.05) is 5.02 Å². The number of carbonyl (C=O) groups is 2. The predicted molar refractivity (Wildman–Crippen MR) is 63.8 cm³/mol. The normalized spacial score (nSPS) is 10.2. The van der Waals surface area contributed by atoms with Gasteiger partial charge in [0.15, 0.2) is 0 Å². The lowest BCUT2D eigenvalue weighted by atomic mass is 10.2. The number of nitrogens with one attached hydrogen (secondary N) is 1. The number of carbonyl (C=O) groups excluding carboxylic acids is 2. The Morgan fingerprint density at radius 1 is 1.41 bits per heavy atom. The van der Waals surface area contributed by atoms with Crippen molar-refractivity contribution in [3.63, 3.8) is 0 Å². The van der Waals surface area contributed by atoms with Crippen molar-refractivity contribution in [1.82, 2.24) is 5.43 Å². The van der Waals surface area contributed by atoms with Gasteiger partial charge in [0.25, 0.3) is 0 Å². The van der Waals surface area contributed by atoms with Crippen molar-refractivity contribution >= 4 is 29.7 Å². The maximum Gasteiger partial charge on any atom is 0.398 e. The minimum absolute atomic E-state index is 0.146. The zero-order chi connectivity index (χ0) is 12.7. The van der Waals surface area contributed by atoms with Crippen molar-refractivity contribution in [2.45, 2.75) is 6.92 Å². The van der Waals surface area contributed by atoms with Crippen molar-refractivity contribution in [2.24, 2.45) is 5.10 Å². The van der Waals surface area contributed by atoms with Gasteiger partial charge in [0.2, 0.25) is 0 Å². The van der Waals surface area contributed by atoms with Gasteiger partial charge in [-0.05, 0) is 24.6 Å². The Bertz CT molecular complexity index is 429. The lowest BCUT2D eigenvalue weighted by Crippen LogP contribution is -2.28. The summed E-state index contributed by atoms with van der Waals surface area (Å²) in [4.78, 5) is 22.0. The number of nitrogens with zero attached hydrogens (tertiary/aromatic N) is 1. The van der Waals surface area contributed by atoms with E-state index in [1.54, 1.807) is 31.2 Å². The van der Waals surface area contributed by atoms with Gasteiger partial charge in [-0.3, -0.25) is 4.79 Å². The van der Waals surface area contributed by atoms with Crippen LogP contribution in [0.15, 0.2) is 29.4 Å². The highest BCUT2D eigenvalue weighted by Crippen LogP contribution is 2.07. The number of ether oxygens (including phenoxy) is 1. The molecule has 1 rings (SSSR count). The molecule has 0 saturated heterocycles. The molecule has 0 bridgehead atoms. The van der Waals surface area contributed by atoms with E-state index in [-0.39, 0.29) is 6.61 Å². The summed E-state index contributed by atoms with van der Waals surface area (Å²) in [7, 11) is 0. The largest absolute Gasteiger partial charge is 0.459 e. The van der Waals surface area contributed by atoms with Crippen molar-refractivity contribution in [2.75, 3.05) is 6.61 Å². The third-order valence-electron chi connectivity index (χ3n) is 1.71. The predicted octanol–water partition coefficient (Wildman–Crippen LogP) is 1.35. The first-order chi connectivity index (χ1) is 8.13. The van der Waals surface area contributed by atoms with Crippen LogP contribution >= 0.6 is 11.6 Å². The Kier molecular flexibility index (Phi) is 5.16. The summed E-state index contributed by atoms with van der Waals surface area (Å²) in [6.07, 6.45) is 1.40. The molecule has 1 amide bonds. The van der Waals surface area contributed by atoms with Crippen LogP contribution in [0.1, 0.15) is 12.5 Å². The minimum Gasteiger partial charge on any atom is -0.459 e. The van der Waals surface area contributed by atoms with E-state index in [9.17, 15) is 9.59 Å². The molecule has 1 N–H and O–H groups in total. The second-order valence-corrected chi connectivity index (χ2v) is 3.41. The van der Waals surface area contributed by atoms with Gasteiger partial charge >= 0.3 is 11.9 Å². The lowest BCUT2D eigenvalue weighted by Gasteiger charge is -1.99. The average molecular weight is 255 g/mol. The van der Waals surface area contributed by atoms with Crippen molar-refractivity contribution < 1.29 is 14.3 Å². The van der Waals surface area contributed by atoms with Crippen LogP contribution < -0.4 is 5.43 Å². The molecule has 1 aromatic rings. The quantitative estimate of drug-likeness (QED) is 0.383. The smallest absolute Gasteiger partial charge is 0.398 e. The molecule has 0 heterocycles. The zero-order valence-corrected chi connectivity index (χ0v) is 9.90. The molecule has 0 aliphatic heterocycles. The van der Waals surface area contributed by atoms with Gasteiger partial charge in [-0.2, -0.15) is 5.10 Å². The molecule has 0 spiro atoms. The highest BCUT2D eigenvalue weighted by molar-refractivity contribution is 6.32. The summed E-state index contributed by atoms with van der Waals surface area (Å²) in [5, 5.41) is 4.22. The average Bonchev–Trinajstić information content (AvgIpc) is 2.32. The SMILES string of the molecule is CCOC(=O)C(=O)N/N=C/c1ccc(Cl)cc1. The van der Waals surface area contributed by atoms with Gasteiger partial charge < -0.3 is 4.74 Å². The van der Waals surface area contributed by atoms with Crippen LogP contribution in [-0.4, -0.2) is 24.7 Å². The highest BCUT2D eigenvalue weighted by atomic mass is 35.5. The van der Waals surface area contributed by atoms with E-state index in [1.807, 2.05) is 0 Å². The van der Waals surface area contributed by atoms with E-state index >= 15 is 0 Å². The monoisotopic (exact) mass is 254 g/mol. The Morgan fingerprint density at radius 2 is 2.06 bits per heavy atom. The van der Waals surface area contributed by atoms with Crippen molar-refractivity contribution in [1.29, 1.82) is 0 Å². The Hall–Kier alpha value is -1.88. The van der Waals surface area contributed by atoms with E-state index < -0.39 is 11.9 Å². The first-order valence-electron chi connectivity index (χ1n) is 4.89. The molecule has 17 heavy (non-hydrogen) atoms. The molecule has 6 heteroatoms. The van der Waals surface area contributed by atoms with E-state index in [4.69, 9.17) is 11.6 Å². The van der Waals surface area contributed by atoms with Gasteiger partial charge in [-0.25, -0.2) is 10.2 Å². The fraction of sp³-hybridized carbons (Fsp3) is 0.182. The fourth-order valence-corrected chi connectivity index (χ4v) is 1.08. The lowest BCUT2D eigenvalue weighted by molar-refractivity contribution is -0.154. The summed E-state index contributed by atoms with van der Waals surface area (Å²) in [6.45, 7) is 1.76. The van der Waals surface area contributed by atoms with E-state index in [1.165, 1.54) is 6.21 Å². The van der Waals surface area contributed by atoms with Crippen LogP contribution in [0.5, 0.6) is 0 Å². The van der Waals surface area contributed by atoms with Gasteiger partial charge in [0.05, 0.1) is 12.8 Å². The number of hydrazone groups is 1. The van der Waals surface area contributed by atoms with Gasteiger partial charge in [-0.1, -0.05) is 23.7 Å². The molecular formula is C11H11ClN2O3. The van der Waals surface area contributed by atoms with Crippen LogP contribution in [0.2, 0.25) is 5.02 Å². The van der Waals surface area contributed by atoms with Crippen LogP contribution in [0.3, 0.4) is 0 Å². The molecule has 0 aliphatic carbocycles. The fourth-order valence-electron chi connectivity index (χ4n) is 0.957. The Labute approximate surface area is 103 Å². The number of hydrogen-bond donors (Lipinski definition) is 1. The summed E-state index contributed by atoms with van der Waals surface area (Å²) in [6, 6.07) is 6.83. The van der Waals surface area contributed by atoms with Crippen LogP contribution in [-0.2, 0) is 14.3 Å². The number of rotatable bonds is 3. The number of esters is 1. The Balaban J connectivity index is 2.47. The third kappa shape index (κ3) is 4.65. The first-order valence-corrected chi connectivity index (χ1v) is 5.27. The third-order valence-corrected chi connectivity index (χ3v) is 1.96. The number of benzene rings is 1. The van der Waals surface area contributed by atoms with Crippen LogP contribution in [0, 0.1) is 0 Å². The molecular weight excluding hydrogens is 244 g/mol. The number of amides is 1. The molecule has 0 unspecified atom stereocenters. The second-order valence-electron chi connectivity index (χ2n) is 2.97. The first kappa shape index (κ1) is 13.2. The summed E-state index contributed by atoms with van der Waals surface area (Å²) < 4.78 is 4.48. The number of hydrogen-bond acceptors (Lipinski definition) is 4. The molecule has 0 saturated carbocycles. The molecule has 0 atom stereocenters. The standard InChI is InChI=1S/C11H11ClN2O3/c1-2-17-11(16)10(15)14-13-7-8-3-5-9(12)6-4-8/h3-7H,2H2,1H3,(H,14,15)/b13-7+. The molecule has 0 aromatic heterocycles. The Morgan fingerprint density at radius 3 is 2.65 bits per heavy atom. The van der Waals surface area contributed by atoms with Gasteiger partial charge in [-0.15, -0.1) is 0 Å². The highest BCUT2D eigenvalue weighted by Gasteiger charge is 2.12. The van der Waals surface area contributed by atoms with Crippen molar-refractivity contribution in [3.8, 4) is 0 Å². The van der Waals surface area contributed by atoms with Crippen LogP contribution in [0.25, 0.3) is 0 Å². The van der Waals surface area contributed by atoms with E-state index in [2.05, 4.69) is 15.3 Å². The van der Waals surface area contributed by atoms with Crippen LogP contribution in [0.4, 0.5) is 0 Å². The second kappa shape index (κ2) is 6.65. The topological polar surface area (TPSA) is 67.8 Å². The number of halogens is 1. The van der Waals surface area contributed by atoms with E-state index in [0.717, 1.165) is 5.56 Å². The minimum atomic E-state index is -0.958.